The Morgan fingerprint density at radius 1 is 1.00 bits per heavy atom. The summed E-state index contributed by atoms with van der Waals surface area (Å²) in [6, 6.07) is 8.46. The van der Waals surface area contributed by atoms with Crippen LogP contribution in [0.1, 0.15) is 39.2 Å². The number of hydrogen-bond acceptors (Lipinski definition) is 2. The van der Waals surface area contributed by atoms with Crippen LogP contribution in [-0.2, 0) is 11.2 Å². The van der Waals surface area contributed by atoms with Crippen molar-refractivity contribution in [3.05, 3.63) is 29.8 Å². The van der Waals surface area contributed by atoms with Crippen LogP contribution in [0.2, 0.25) is 0 Å². The summed E-state index contributed by atoms with van der Waals surface area (Å²) in [6.07, 6.45) is 3.25. The standard InChI is InChI=1S/C16H26O2/c1-4-17-11-5-6-12-18-16-9-7-15(8-10-16)13-14(2)3/h7-10,14H,4-6,11-13H2,1-3H3. The van der Waals surface area contributed by atoms with Crippen molar-refractivity contribution in [1.82, 2.24) is 0 Å². The van der Waals surface area contributed by atoms with E-state index in [4.69, 9.17) is 9.47 Å². The molecular weight excluding hydrogens is 224 g/mol. The van der Waals surface area contributed by atoms with Crippen LogP contribution in [0.4, 0.5) is 0 Å². The third kappa shape index (κ3) is 6.65. The number of ether oxygens (including phenoxy) is 2. The number of benzene rings is 1. The highest BCUT2D eigenvalue weighted by atomic mass is 16.5. The summed E-state index contributed by atoms with van der Waals surface area (Å²) in [5.74, 6) is 1.68. The molecule has 18 heavy (non-hydrogen) atoms. The number of rotatable bonds is 9. The number of hydrogen-bond donors (Lipinski definition) is 0. The maximum atomic E-state index is 5.69. The van der Waals surface area contributed by atoms with Gasteiger partial charge in [-0.05, 0) is 49.8 Å². The van der Waals surface area contributed by atoms with E-state index in [0.29, 0.717) is 5.92 Å². The van der Waals surface area contributed by atoms with Gasteiger partial charge in [0.25, 0.3) is 0 Å². The van der Waals surface area contributed by atoms with Gasteiger partial charge in [0.15, 0.2) is 0 Å². The molecule has 0 aromatic heterocycles. The van der Waals surface area contributed by atoms with E-state index in [1.807, 2.05) is 6.92 Å². The average molecular weight is 250 g/mol. The lowest BCUT2D eigenvalue weighted by molar-refractivity contribution is 0.138. The minimum atomic E-state index is 0.704. The molecule has 0 N–H and O–H groups in total. The second-order valence-electron chi connectivity index (χ2n) is 4.99. The molecule has 0 radical (unpaired) electrons. The van der Waals surface area contributed by atoms with Gasteiger partial charge < -0.3 is 9.47 Å². The second-order valence-corrected chi connectivity index (χ2v) is 4.99. The minimum absolute atomic E-state index is 0.704. The molecule has 0 unspecified atom stereocenters. The van der Waals surface area contributed by atoms with E-state index < -0.39 is 0 Å². The molecule has 0 fully saturated rings. The molecule has 0 heterocycles. The van der Waals surface area contributed by atoms with Crippen molar-refractivity contribution in [2.24, 2.45) is 5.92 Å². The molecule has 0 saturated carbocycles. The Hall–Kier alpha value is -1.02. The van der Waals surface area contributed by atoms with Gasteiger partial charge in [0, 0.05) is 13.2 Å². The van der Waals surface area contributed by atoms with E-state index in [1.54, 1.807) is 0 Å². The molecule has 0 amide bonds. The summed E-state index contributed by atoms with van der Waals surface area (Å²) < 4.78 is 11.0. The van der Waals surface area contributed by atoms with E-state index in [9.17, 15) is 0 Å². The minimum Gasteiger partial charge on any atom is -0.494 e. The van der Waals surface area contributed by atoms with Gasteiger partial charge in [0.2, 0.25) is 0 Å². The van der Waals surface area contributed by atoms with Gasteiger partial charge in [-0.15, -0.1) is 0 Å². The first-order chi connectivity index (χ1) is 8.72. The molecule has 0 atom stereocenters. The van der Waals surface area contributed by atoms with Crippen LogP contribution < -0.4 is 4.74 Å². The van der Waals surface area contributed by atoms with Crippen LogP contribution in [0.15, 0.2) is 24.3 Å². The highest BCUT2D eigenvalue weighted by Gasteiger charge is 1.98. The molecule has 1 aromatic carbocycles. The van der Waals surface area contributed by atoms with Crippen molar-refractivity contribution in [3.8, 4) is 5.75 Å². The fourth-order valence-electron chi connectivity index (χ4n) is 1.83. The van der Waals surface area contributed by atoms with Gasteiger partial charge in [-0.2, -0.15) is 0 Å². The van der Waals surface area contributed by atoms with Crippen molar-refractivity contribution in [3.63, 3.8) is 0 Å². The van der Waals surface area contributed by atoms with E-state index >= 15 is 0 Å². The van der Waals surface area contributed by atoms with Crippen molar-refractivity contribution in [2.45, 2.75) is 40.0 Å². The fraction of sp³-hybridized carbons (Fsp3) is 0.625. The normalized spacial score (nSPS) is 10.9. The van der Waals surface area contributed by atoms with Gasteiger partial charge in [-0.1, -0.05) is 26.0 Å². The Morgan fingerprint density at radius 2 is 1.67 bits per heavy atom. The summed E-state index contributed by atoms with van der Waals surface area (Å²) in [7, 11) is 0. The third-order valence-corrected chi connectivity index (χ3v) is 2.72. The topological polar surface area (TPSA) is 18.5 Å². The highest BCUT2D eigenvalue weighted by Crippen LogP contribution is 2.15. The summed E-state index contributed by atoms with van der Waals surface area (Å²) in [5.41, 5.74) is 1.38. The Labute approximate surface area is 111 Å². The maximum Gasteiger partial charge on any atom is 0.119 e. The van der Waals surface area contributed by atoms with Gasteiger partial charge in [-0.3, -0.25) is 0 Å². The smallest absolute Gasteiger partial charge is 0.119 e. The van der Waals surface area contributed by atoms with Gasteiger partial charge >= 0.3 is 0 Å². The van der Waals surface area contributed by atoms with Gasteiger partial charge in [-0.25, -0.2) is 0 Å². The molecule has 102 valence electrons. The summed E-state index contributed by atoms with van der Waals surface area (Å²) in [5, 5.41) is 0. The van der Waals surface area contributed by atoms with Crippen LogP contribution in [-0.4, -0.2) is 19.8 Å². The van der Waals surface area contributed by atoms with E-state index in [1.165, 1.54) is 5.56 Å². The largest absolute Gasteiger partial charge is 0.494 e. The van der Waals surface area contributed by atoms with Crippen LogP contribution in [0.3, 0.4) is 0 Å². The van der Waals surface area contributed by atoms with Crippen LogP contribution in [0.25, 0.3) is 0 Å². The third-order valence-electron chi connectivity index (χ3n) is 2.72. The monoisotopic (exact) mass is 250 g/mol. The van der Waals surface area contributed by atoms with Gasteiger partial charge in [0.05, 0.1) is 6.61 Å². The van der Waals surface area contributed by atoms with E-state index in [2.05, 4.69) is 38.1 Å². The lowest BCUT2D eigenvalue weighted by Crippen LogP contribution is -2.01. The number of unbranched alkanes of at least 4 members (excludes halogenated alkanes) is 1. The zero-order chi connectivity index (χ0) is 13.2. The summed E-state index contributed by atoms with van der Waals surface area (Å²) in [6.45, 7) is 8.92. The maximum absolute atomic E-state index is 5.69. The first-order valence-electron chi connectivity index (χ1n) is 7.02. The molecule has 0 aliphatic rings. The Kier molecular flexibility index (Phi) is 7.51. The molecule has 0 bridgehead atoms. The molecular formula is C16H26O2. The molecule has 2 heteroatoms. The van der Waals surface area contributed by atoms with Crippen LogP contribution >= 0.6 is 0 Å². The fourth-order valence-corrected chi connectivity index (χ4v) is 1.83. The van der Waals surface area contributed by atoms with E-state index in [-0.39, 0.29) is 0 Å². The first-order valence-corrected chi connectivity index (χ1v) is 7.02. The SMILES string of the molecule is CCOCCCCOc1ccc(CC(C)C)cc1. The summed E-state index contributed by atoms with van der Waals surface area (Å²) >= 11 is 0. The Morgan fingerprint density at radius 3 is 2.28 bits per heavy atom. The van der Waals surface area contributed by atoms with Crippen molar-refractivity contribution < 1.29 is 9.47 Å². The predicted molar refractivity (Wildman–Crippen MR) is 76.2 cm³/mol. The molecule has 1 aromatic rings. The highest BCUT2D eigenvalue weighted by molar-refractivity contribution is 5.27. The average Bonchev–Trinajstić information content (AvgIpc) is 2.35. The lowest BCUT2D eigenvalue weighted by Gasteiger charge is -2.08. The lowest BCUT2D eigenvalue weighted by atomic mass is 10.0. The van der Waals surface area contributed by atoms with Crippen molar-refractivity contribution in [2.75, 3.05) is 19.8 Å². The van der Waals surface area contributed by atoms with E-state index in [0.717, 1.165) is 44.8 Å². The zero-order valence-corrected chi connectivity index (χ0v) is 11.9. The molecule has 1 rings (SSSR count). The molecule has 2 nitrogen and oxygen atoms in total. The van der Waals surface area contributed by atoms with Crippen molar-refractivity contribution in [1.29, 1.82) is 0 Å². The zero-order valence-electron chi connectivity index (χ0n) is 11.9. The molecule has 0 spiro atoms. The molecule has 0 aliphatic carbocycles. The van der Waals surface area contributed by atoms with Crippen LogP contribution in [0, 0.1) is 5.92 Å². The van der Waals surface area contributed by atoms with Crippen LogP contribution in [0.5, 0.6) is 5.75 Å². The van der Waals surface area contributed by atoms with Crippen molar-refractivity contribution >= 4 is 0 Å². The Bertz CT molecular complexity index is 303. The van der Waals surface area contributed by atoms with Gasteiger partial charge in [0.1, 0.15) is 5.75 Å². The Balaban J connectivity index is 2.18. The molecule has 0 saturated heterocycles. The first kappa shape index (κ1) is 15.0. The second kappa shape index (κ2) is 8.98. The molecule has 0 aliphatic heterocycles. The predicted octanol–water partition coefficient (Wildman–Crippen LogP) is 4.08. The quantitative estimate of drug-likeness (QED) is 0.615. The summed E-state index contributed by atoms with van der Waals surface area (Å²) in [4.78, 5) is 0.